The standard InChI is InChI=1S/C26H24N2O3/c1-19-7-10-22(28(19)21-11-15-23(29-2)16-12-21)18-27-20-8-13-24(14-9-20)31-26-6-4-5-25(17-26)30-3/h4-18H,1-3H3. The zero-order valence-electron chi connectivity index (χ0n) is 17.8. The minimum absolute atomic E-state index is 0.725. The van der Waals surface area contributed by atoms with Gasteiger partial charge in [-0.15, -0.1) is 0 Å². The van der Waals surface area contributed by atoms with Crippen LogP contribution in [-0.2, 0) is 0 Å². The number of benzene rings is 3. The smallest absolute Gasteiger partial charge is 0.131 e. The third kappa shape index (κ3) is 4.78. The molecule has 5 nitrogen and oxygen atoms in total. The Bertz CT molecular complexity index is 1180. The number of aryl methyl sites for hydroxylation is 1. The highest BCUT2D eigenvalue weighted by molar-refractivity contribution is 5.81. The van der Waals surface area contributed by atoms with Gasteiger partial charge >= 0.3 is 0 Å². The van der Waals surface area contributed by atoms with Crippen molar-refractivity contribution in [2.45, 2.75) is 6.92 Å². The van der Waals surface area contributed by atoms with Gasteiger partial charge in [0.15, 0.2) is 0 Å². The molecule has 0 fully saturated rings. The van der Waals surface area contributed by atoms with E-state index >= 15 is 0 Å². The Morgan fingerprint density at radius 1 is 0.710 bits per heavy atom. The van der Waals surface area contributed by atoms with E-state index in [1.165, 1.54) is 0 Å². The molecule has 0 saturated heterocycles. The number of aromatic nitrogens is 1. The number of hydrogen-bond donors (Lipinski definition) is 0. The topological polar surface area (TPSA) is 45.0 Å². The number of rotatable bonds is 7. The maximum absolute atomic E-state index is 5.89. The summed E-state index contributed by atoms with van der Waals surface area (Å²) in [5, 5.41) is 0. The predicted octanol–water partition coefficient (Wildman–Crippen LogP) is 6.35. The Morgan fingerprint density at radius 2 is 1.39 bits per heavy atom. The van der Waals surface area contributed by atoms with Gasteiger partial charge in [-0.25, -0.2) is 0 Å². The monoisotopic (exact) mass is 412 g/mol. The molecule has 0 radical (unpaired) electrons. The van der Waals surface area contributed by atoms with E-state index in [-0.39, 0.29) is 0 Å². The van der Waals surface area contributed by atoms with E-state index in [1.54, 1.807) is 14.2 Å². The number of ether oxygens (including phenoxy) is 3. The third-order valence-electron chi connectivity index (χ3n) is 4.90. The summed E-state index contributed by atoms with van der Waals surface area (Å²) in [6, 6.07) is 27.3. The molecule has 0 amide bonds. The van der Waals surface area contributed by atoms with Crippen molar-refractivity contribution in [1.29, 1.82) is 0 Å². The molecular weight excluding hydrogens is 388 g/mol. The number of aliphatic imine (C=N–C) groups is 1. The van der Waals surface area contributed by atoms with Crippen LogP contribution in [0.15, 0.2) is 89.9 Å². The van der Waals surface area contributed by atoms with Crippen molar-refractivity contribution < 1.29 is 14.2 Å². The molecule has 1 aromatic heterocycles. The van der Waals surface area contributed by atoms with Gasteiger partial charge in [0.25, 0.3) is 0 Å². The first-order valence-electron chi connectivity index (χ1n) is 9.95. The van der Waals surface area contributed by atoms with Gasteiger partial charge in [0.2, 0.25) is 0 Å². The second-order valence-electron chi connectivity index (χ2n) is 6.97. The minimum atomic E-state index is 0.725. The van der Waals surface area contributed by atoms with Gasteiger partial charge in [0.1, 0.15) is 23.0 Å². The molecule has 0 aliphatic rings. The first kappa shape index (κ1) is 20.3. The number of hydrogen-bond acceptors (Lipinski definition) is 4. The Kier molecular flexibility index (Phi) is 6.03. The van der Waals surface area contributed by atoms with Crippen LogP contribution < -0.4 is 14.2 Å². The molecule has 0 N–H and O–H groups in total. The average Bonchev–Trinajstić information content (AvgIpc) is 3.19. The molecule has 4 aromatic rings. The predicted molar refractivity (Wildman–Crippen MR) is 124 cm³/mol. The van der Waals surface area contributed by atoms with Crippen molar-refractivity contribution >= 4 is 11.9 Å². The molecule has 0 unspecified atom stereocenters. The zero-order valence-corrected chi connectivity index (χ0v) is 17.8. The largest absolute Gasteiger partial charge is 0.497 e. The van der Waals surface area contributed by atoms with E-state index in [9.17, 15) is 0 Å². The quantitative estimate of drug-likeness (QED) is 0.332. The van der Waals surface area contributed by atoms with Crippen LogP contribution in [0.1, 0.15) is 11.4 Å². The molecule has 0 atom stereocenters. The summed E-state index contributed by atoms with van der Waals surface area (Å²) < 4.78 is 18.5. The van der Waals surface area contributed by atoms with Crippen molar-refractivity contribution in [3.8, 4) is 28.7 Å². The highest BCUT2D eigenvalue weighted by Crippen LogP contribution is 2.27. The fraction of sp³-hybridized carbons (Fsp3) is 0.115. The highest BCUT2D eigenvalue weighted by atomic mass is 16.5. The van der Waals surface area contributed by atoms with Gasteiger partial charge in [-0.3, -0.25) is 4.99 Å². The van der Waals surface area contributed by atoms with E-state index in [0.29, 0.717) is 0 Å². The Hall–Kier alpha value is -3.99. The molecule has 3 aromatic carbocycles. The van der Waals surface area contributed by atoms with Crippen LogP contribution in [0.4, 0.5) is 5.69 Å². The van der Waals surface area contributed by atoms with Crippen LogP contribution in [0.5, 0.6) is 23.0 Å². The molecule has 0 aliphatic heterocycles. The molecule has 0 bridgehead atoms. The van der Waals surface area contributed by atoms with E-state index in [4.69, 9.17) is 14.2 Å². The van der Waals surface area contributed by atoms with Gasteiger partial charge in [0.05, 0.1) is 31.8 Å². The molecule has 5 heteroatoms. The van der Waals surface area contributed by atoms with Crippen molar-refractivity contribution in [2.75, 3.05) is 14.2 Å². The van der Waals surface area contributed by atoms with E-state index in [1.807, 2.05) is 79.0 Å². The normalized spacial score (nSPS) is 10.9. The van der Waals surface area contributed by atoms with E-state index < -0.39 is 0 Å². The van der Waals surface area contributed by atoms with Crippen molar-refractivity contribution in [3.63, 3.8) is 0 Å². The van der Waals surface area contributed by atoms with Crippen LogP contribution in [0.25, 0.3) is 5.69 Å². The lowest BCUT2D eigenvalue weighted by molar-refractivity contribution is 0.409. The Labute approximate surface area is 182 Å². The highest BCUT2D eigenvalue weighted by Gasteiger charge is 2.06. The zero-order chi connectivity index (χ0) is 21.6. The average molecular weight is 412 g/mol. The fourth-order valence-corrected chi connectivity index (χ4v) is 3.29. The van der Waals surface area contributed by atoms with Gasteiger partial charge in [-0.1, -0.05) is 6.07 Å². The number of nitrogens with zero attached hydrogens (tertiary/aromatic N) is 2. The first-order chi connectivity index (χ1) is 15.2. The van der Waals surface area contributed by atoms with Crippen molar-refractivity contribution in [2.24, 2.45) is 4.99 Å². The molecule has 1 heterocycles. The molecule has 0 saturated carbocycles. The SMILES string of the molecule is COc1ccc(-n2c(C)ccc2C=Nc2ccc(Oc3cccc(OC)c3)cc2)cc1. The molecule has 4 rings (SSSR count). The van der Waals surface area contributed by atoms with Crippen LogP contribution in [0.2, 0.25) is 0 Å². The summed E-state index contributed by atoms with van der Waals surface area (Å²) >= 11 is 0. The lowest BCUT2D eigenvalue weighted by Gasteiger charge is -2.10. The molecule has 31 heavy (non-hydrogen) atoms. The first-order valence-corrected chi connectivity index (χ1v) is 9.95. The van der Waals surface area contributed by atoms with Crippen LogP contribution in [-0.4, -0.2) is 25.0 Å². The van der Waals surface area contributed by atoms with E-state index in [0.717, 1.165) is 45.8 Å². The Balaban J connectivity index is 1.50. The maximum atomic E-state index is 5.89. The summed E-state index contributed by atoms with van der Waals surface area (Å²) in [4.78, 5) is 4.64. The lowest BCUT2D eigenvalue weighted by atomic mass is 10.3. The molecular formula is C26H24N2O3. The second-order valence-corrected chi connectivity index (χ2v) is 6.97. The maximum Gasteiger partial charge on any atom is 0.131 e. The van der Waals surface area contributed by atoms with Gasteiger partial charge in [-0.05, 0) is 79.7 Å². The van der Waals surface area contributed by atoms with Crippen LogP contribution in [0.3, 0.4) is 0 Å². The lowest BCUT2D eigenvalue weighted by Crippen LogP contribution is -2.01. The fourth-order valence-electron chi connectivity index (χ4n) is 3.29. The van der Waals surface area contributed by atoms with Crippen LogP contribution in [0, 0.1) is 6.92 Å². The second kappa shape index (κ2) is 9.22. The van der Waals surface area contributed by atoms with Gasteiger partial charge in [0, 0.05) is 17.4 Å². The van der Waals surface area contributed by atoms with Gasteiger partial charge < -0.3 is 18.8 Å². The molecule has 0 spiro atoms. The summed E-state index contributed by atoms with van der Waals surface area (Å²) in [6.45, 7) is 2.08. The third-order valence-corrected chi connectivity index (χ3v) is 4.90. The Morgan fingerprint density at radius 3 is 2.10 bits per heavy atom. The van der Waals surface area contributed by atoms with Gasteiger partial charge in [-0.2, -0.15) is 0 Å². The summed E-state index contributed by atoms with van der Waals surface area (Å²) in [7, 11) is 3.31. The van der Waals surface area contributed by atoms with Crippen molar-refractivity contribution in [3.05, 3.63) is 96.3 Å². The molecule has 0 aliphatic carbocycles. The minimum Gasteiger partial charge on any atom is -0.497 e. The summed E-state index contributed by atoms with van der Waals surface area (Å²) in [6.07, 6.45) is 1.87. The summed E-state index contributed by atoms with van der Waals surface area (Å²) in [5.74, 6) is 3.06. The van der Waals surface area contributed by atoms with Crippen molar-refractivity contribution in [1.82, 2.24) is 4.57 Å². The molecule has 156 valence electrons. The van der Waals surface area contributed by atoms with E-state index in [2.05, 4.69) is 28.6 Å². The van der Waals surface area contributed by atoms with Crippen LogP contribution >= 0.6 is 0 Å². The number of methoxy groups -OCH3 is 2. The summed E-state index contributed by atoms with van der Waals surface area (Å²) in [5.41, 5.74) is 4.04.